The summed E-state index contributed by atoms with van der Waals surface area (Å²) >= 11 is 0. The van der Waals surface area contributed by atoms with Gasteiger partial charge in [0.1, 0.15) is 73.2 Å². The maximum absolute atomic E-state index is 13.4. The molecule has 12 N–H and O–H groups in total. The molecule has 0 aromatic rings. The molecule has 3 fully saturated rings. The zero-order valence-corrected chi connectivity index (χ0v) is 61.1. The molecule has 0 aromatic heterocycles. The Morgan fingerprint density at radius 3 is 1.12 bits per heavy atom. The summed E-state index contributed by atoms with van der Waals surface area (Å²) in [5.41, 5.74) is 0. The fourth-order valence-corrected chi connectivity index (χ4v) is 12.3. The zero-order chi connectivity index (χ0) is 72.5. The summed E-state index contributed by atoms with van der Waals surface area (Å²) in [5.74, 6) is -0.290. The van der Waals surface area contributed by atoms with Gasteiger partial charge in [0.2, 0.25) is 5.91 Å². The number of aliphatic hydroxyl groups is 11. The average Bonchev–Trinajstić information content (AvgIpc) is 0.784. The SMILES string of the molecule is CC/C=C\C/C=C\C/C=C\C/C=C\C/C=C\C/C=C\C/C=C\C/C=C\CCCCCCCCCCCCCCCCC(=O)NC(COC1OC(CO)C(OC2OC(CO)C(OC3OC(CO)C(O)C(O)C3O)C(O)C2O)C(O)C1O)C(O)/C=C/CC/C=C/CCCCCCCCCCCC. The van der Waals surface area contributed by atoms with Crippen LogP contribution in [0.5, 0.6) is 0 Å². The molecule has 3 aliphatic heterocycles. The van der Waals surface area contributed by atoms with E-state index in [1.54, 1.807) is 6.08 Å². The number of carbonyl (C=O) groups is 1. The van der Waals surface area contributed by atoms with Crippen molar-refractivity contribution in [3.05, 3.63) is 122 Å². The highest BCUT2D eigenvalue weighted by molar-refractivity contribution is 5.76. The molecule has 0 aromatic carbocycles. The van der Waals surface area contributed by atoms with Gasteiger partial charge in [-0.1, -0.05) is 270 Å². The minimum absolute atomic E-state index is 0.229. The number of carbonyl (C=O) groups excluding carboxylic acids is 1. The molecule has 0 aliphatic carbocycles. The normalized spacial score (nSPS) is 27.1. The second kappa shape index (κ2) is 60.5. The summed E-state index contributed by atoms with van der Waals surface area (Å²) in [4.78, 5) is 13.4. The standard InChI is InChI=1S/C81H137NO18/c1-3-5-7-9-11-13-15-17-19-21-22-23-24-25-26-27-28-29-30-31-32-33-34-35-36-37-38-39-40-41-42-43-45-47-49-51-53-55-57-59-69(87)82-64(65(86)58-56-54-52-50-48-46-44-20-18-16-14-12-10-8-6-4-2)63-95-79-75(93)72(90)77(67(61-84)97-79)100-81-76(94)73(91)78(68(62-85)98-81)99-80-74(92)71(89)70(88)66(60-83)96-80/h5,7,11,13,17,19,22-23,25-26,28-29,31-32,34-35,48,50,56,58,64-68,70-81,83-86,88-94H,3-4,6,8-10,12,14-16,18,20-21,24,27,30,33,36-47,49,51-55,57,59-63H2,1-2H3,(H,82,87)/b7-5-,13-11-,19-17-,23-22-,26-25-,29-28-,32-31-,35-34-,50-48+,58-56+. The number of hydrogen-bond donors (Lipinski definition) is 12. The van der Waals surface area contributed by atoms with E-state index < -0.39 is 124 Å². The van der Waals surface area contributed by atoms with E-state index in [0.29, 0.717) is 12.8 Å². The highest BCUT2D eigenvalue weighted by atomic mass is 16.8. The molecule has 0 spiro atoms. The van der Waals surface area contributed by atoms with Crippen LogP contribution in [0.25, 0.3) is 0 Å². The summed E-state index contributed by atoms with van der Waals surface area (Å²) in [6.07, 6.45) is 57.6. The number of rotatable bonds is 59. The van der Waals surface area contributed by atoms with Gasteiger partial charge in [-0.05, 0) is 96.3 Å². The van der Waals surface area contributed by atoms with Gasteiger partial charge >= 0.3 is 0 Å². The van der Waals surface area contributed by atoms with Crippen LogP contribution >= 0.6 is 0 Å². The van der Waals surface area contributed by atoms with Crippen LogP contribution in [-0.2, 0) is 33.2 Å². The van der Waals surface area contributed by atoms with Crippen LogP contribution < -0.4 is 5.32 Å². The van der Waals surface area contributed by atoms with Crippen LogP contribution in [0.4, 0.5) is 0 Å². The van der Waals surface area contributed by atoms with Gasteiger partial charge in [0, 0.05) is 6.42 Å². The maximum Gasteiger partial charge on any atom is 0.220 e. The Kier molecular flexibility index (Phi) is 54.7. The van der Waals surface area contributed by atoms with Gasteiger partial charge in [-0.25, -0.2) is 0 Å². The molecule has 3 rings (SSSR count). The molecule has 17 unspecified atom stereocenters. The van der Waals surface area contributed by atoms with Crippen LogP contribution in [-0.4, -0.2) is 193 Å². The van der Waals surface area contributed by atoms with Crippen LogP contribution in [0.3, 0.4) is 0 Å². The minimum Gasteiger partial charge on any atom is -0.394 e. The van der Waals surface area contributed by atoms with E-state index in [0.717, 1.165) is 103 Å². The molecule has 0 radical (unpaired) electrons. The average molecular weight is 1410 g/mol. The second-order valence-corrected chi connectivity index (χ2v) is 27.1. The number of amides is 1. The minimum atomic E-state index is -1.99. The number of nitrogens with one attached hydrogen (secondary N) is 1. The van der Waals surface area contributed by atoms with E-state index in [4.69, 9.17) is 28.4 Å². The van der Waals surface area contributed by atoms with E-state index in [9.17, 15) is 61.0 Å². The van der Waals surface area contributed by atoms with E-state index in [1.807, 2.05) is 6.08 Å². The Morgan fingerprint density at radius 1 is 0.370 bits per heavy atom. The number of allylic oxidation sites excluding steroid dienone is 19. The lowest BCUT2D eigenvalue weighted by atomic mass is 9.96. The molecule has 19 nitrogen and oxygen atoms in total. The van der Waals surface area contributed by atoms with Crippen LogP contribution in [0.1, 0.15) is 251 Å². The van der Waals surface area contributed by atoms with E-state index in [-0.39, 0.29) is 18.9 Å². The third kappa shape index (κ3) is 40.5. The molecule has 3 heterocycles. The van der Waals surface area contributed by atoms with Gasteiger partial charge in [-0.15, -0.1) is 0 Å². The van der Waals surface area contributed by atoms with E-state index >= 15 is 0 Å². The summed E-state index contributed by atoms with van der Waals surface area (Å²) in [6.45, 7) is 1.59. The Labute approximate surface area is 601 Å². The van der Waals surface area contributed by atoms with Crippen molar-refractivity contribution in [3.63, 3.8) is 0 Å². The number of ether oxygens (including phenoxy) is 6. The molecular weight excluding hydrogens is 1270 g/mol. The third-order valence-corrected chi connectivity index (χ3v) is 18.5. The first-order chi connectivity index (χ1) is 48.8. The van der Waals surface area contributed by atoms with Crippen molar-refractivity contribution in [3.8, 4) is 0 Å². The molecule has 3 saturated heterocycles. The largest absolute Gasteiger partial charge is 0.394 e. The Bertz CT molecular complexity index is 2280. The van der Waals surface area contributed by atoms with Crippen molar-refractivity contribution in [1.82, 2.24) is 5.32 Å². The first-order valence-electron chi connectivity index (χ1n) is 38.8. The van der Waals surface area contributed by atoms with Crippen molar-refractivity contribution in [2.75, 3.05) is 26.4 Å². The predicted octanol–water partition coefficient (Wildman–Crippen LogP) is 12.3. The van der Waals surface area contributed by atoms with Crippen LogP contribution in [0.15, 0.2) is 122 Å². The lowest BCUT2D eigenvalue weighted by Crippen LogP contribution is -2.66. The Hall–Kier alpha value is -3.81. The summed E-state index contributed by atoms with van der Waals surface area (Å²) < 4.78 is 34.4. The van der Waals surface area contributed by atoms with Crippen molar-refractivity contribution in [1.29, 1.82) is 0 Å². The van der Waals surface area contributed by atoms with Gasteiger partial charge in [-0.2, -0.15) is 0 Å². The van der Waals surface area contributed by atoms with Crippen LogP contribution in [0, 0.1) is 0 Å². The van der Waals surface area contributed by atoms with Gasteiger partial charge in [-0.3, -0.25) is 4.79 Å². The molecule has 1 amide bonds. The number of aliphatic hydroxyl groups excluding tert-OH is 11. The second-order valence-electron chi connectivity index (χ2n) is 27.1. The predicted molar refractivity (Wildman–Crippen MR) is 397 cm³/mol. The van der Waals surface area contributed by atoms with Crippen molar-refractivity contribution in [2.24, 2.45) is 0 Å². The summed E-state index contributed by atoms with van der Waals surface area (Å²) in [5, 5.41) is 121. The fraction of sp³-hybridized carbons (Fsp3) is 0.741. The Morgan fingerprint density at radius 2 is 0.700 bits per heavy atom. The molecular formula is C81H137NO18. The maximum atomic E-state index is 13.4. The molecule has 0 saturated carbocycles. The zero-order valence-electron chi connectivity index (χ0n) is 61.1. The van der Waals surface area contributed by atoms with Crippen LogP contribution in [0.2, 0.25) is 0 Å². The van der Waals surface area contributed by atoms with Gasteiger partial charge in [0.05, 0.1) is 38.6 Å². The summed E-state index contributed by atoms with van der Waals surface area (Å²) in [6, 6.07) is -0.997. The monoisotopic (exact) mass is 1410 g/mol. The van der Waals surface area contributed by atoms with E-state index in [1.165, 1.54) is 116 Å². The first-order valence-corrected chi connectivity index (χ1v) is 38.8. The van der Waals surface area contributed by atoms with Crippen molar-refractivity contribution >= 4 is 5.91 Å². The number of hydrogen-bond acceptors (Lipinski definition) is 18. The van der Waals surface area contributed by atoms with Gasteiger partial charge in [0.25, 0.3) is 0 Å². The molecule has 574 valence electrons. The van der Waals surface area contributed by atoms with E-state index in [2.05, 4.69) is 129 Å². The third-order valence-electron chi connectivity index (χ3n) is 18.5. The highest BCUT2D eigenvalue weighted by Gasteiger charge is 2.53. The quantitative estimate of drug-likeness (QED) is 0.0199. The highest BCUT2D eigenvalue weighted by Crippen LogP contribution is 2.33. The smallest absolute Gasteiger partial charge is 0.220 e. The lowest BCUT2D eigenvalue weighted by molar-refractivity contribution is -0.379. The van der Waals surface area contributed by atoms with Crippen molar-refractivity contribution in [2.45, 2.75) is 356 Å². The number of unbranched alkanes of at least 4 members (excludes halogenated alkanes) is 25. The molecule has 17 atom stereocenters. The Balaban J connectivity index is 1.34. The molecule has 100 heavy (non-hydrogen) atoms. The summed E-state index contributed by atoms with van der Waals surface area (Å²) in [7, 11) is 0. The topological polar surface area (TPSA) is 307 Å². The molecule has 3 aliphatic rings. The first kappa shape index (κ1) is 90.4. The van der Waals surface area contributed by atoms with Crippen molar-refractivity contribution < 1.29 is 89.4 Å². The molecule has 19 heteroatoms. The van der Waals surface area contributed by atoms with Gasteiger partial charge < -0.3 is 89.9 Å². The van der Waals surface area contributed by atoms with Gasteiger partial charge in [0.15, 0.2) is 18.9 Å². The molecule has 0 bridgehead atoms. The lowest BCUT2D eigenvalue weighted by Gasteiger charge is -2.48. The fourth-order valence-electron chi connectivity index (χ4n) is 12.3.